The van der Waals surface area contributed by atoms with Gasteiger partial charge in [-0.15, -0.1) is 0 Å². The third-order valence-corrected chi connectivity index (χ3v) is 5.88. The minimum Gasteiger partial charge on any atom is -0.462 e. The van der Waals surface area contributed by atoms with Crippen LogP contribution in [-0.4, -0.2) is 49.7 Å². The predicted octanol–water partition coefficient (Wildman–Crippen LogP) is 3.88. The lowest BCUT2D eigenvalue weighted by Crippen LogP contribution is -2.26. The maximum Gasteiger partial charge on any atom is 0.319 e. The van der Waals surface area contributed by atoms with E-state index in [1.807, 2.05) is 19.2 Å². The normalized spacial score (nSPS) is 12.6. The van der Waals surface area contributed by atoms with E-state index in [1.54, 1.807) is 18.7 Å². The van der Waals surface area contributed by atoms with Gasteiger partial charge in [0.15, 0.2) is 0 Å². The number of rotatable bonds is 13. The van der Waals surface area contributed by atoms with E-state index in [4.69, 9.17) is 14.5 Å². The first-order valence-corrected chi connectivity index (χ1v) is 12.0. The molecule has 2 rings (SSSR count). The van der Waals surface area contributed by atoms with Crippen molar-refractivity contribution in [1.82, 2.24) is 9.88 Å². The van der Waals surface area contributed by atoms with Crippen molar-refractivity contribution in [2.75, 3.05) is 33.4 Å². The number of pyridine rings is 1. The zero-order valence-corrected chi connectivity index (χ0v) is 21.4. The summed E-state index contributed by atoms with van der Waals surface area (Å²) in [6, 6.07) is 8.31. The number of carbonyl (C=O) groups excluding carboxylic acids is 1. The first-order valence-electron chi connectivity index (χ1n) is 12.0. The maximum absolute atomic E-state index is 12.1. The Balaban J connectivity index is 2.03. The summed E-state index contributed by atoms with van der Waals surface area (Å²) in [6.45, 7) is 9.89. The van der Waals surface area contributed by atoms with Gasteiger partial charge in [0.1, 0.15) is 6.61 Å². The quantitative estimate of drug-likeness (QED) is 0.274. The molecule has 0 spiro atoms. The summed E-state index contributed by atoms with van der Waals surface area (Å²) < 4.78 is 11.5. The van der Waals surface area contributed by atoms with Crippen LogP contribution in [0.3, 0.4) is 0 Å². The molecule has 1 aromatic carbocycles. The van der Waals surface area contributed by atoms with Crippen LogP contribution in [0.25, 0.3) is 0 Å². The van der Waals surface area contributed by atoms with Crippen LogP contribution in [0.15, 0.2) is 40.2 Å². The monoisotopic (exact) mass is 469 g/mol. The molecule has 1 heterocycles. The summed E-state index contributed by atoms with van der Waals surface area (Å²) >= 11 is 0. The fourth-order valence-electron chi connectivity index (χ4n) is 3.70. The number of aromatic nitrogens is 1. The van der Waals surface area contributed by atoms with Gasteiger partial charge in [0.25, 0.3) is 5.56 Å². The topological polar surface area (TPSA) is 81.9 Å². The van der Waals surface area contributed by atoms with Gasteiger partial charge in [-0.1, -0.05) is 26.0 Å². The summed E-state index contributed by atoms with van der Waals surface area (Å²) in [4.78, 5) is 28.8. The van der Waals surface area contributed by atoms with Gasteiger partial charge < -0.3 is 19.4 Å². The van der Waals surface area contributed by atoms with Gasteiger partial charge >= 0.3 is 5.97 Å². The van der Waals surface area contributed by atoms with Gasteiger partial charge in [-0.2, -0.15) is 0 Å². The summed E-state index contributed by atoms with van der Waals surface area (Å²) in [5.41, 5.74) is 6.04. The Morgan fingerprint density at radius 3 is 2.59 bits per heavy atom. The lowest BCUT2D eigenvalue weighted by Gasteiger charge is -2.16. The Morgan fingerprint density at radius 2 is 1.94 bits per heavy atom. The van der Waals surface area contributed by atoms with Crippen molar-refractivity contribution in [3.63, 3.8) is 0 Å². The summed E-state index contributed by atoms with van der Waals surface area (Å²) in [5, 5.41) is 3.12. The number of nitrogens with one attached hydrogen (secondary N) is 1. The van der Waals surface area contributed by atoms with Crippen LogP contribution in [0.4, 0.5) is 5.69 Å². The minimum absolute atomic E-state index is 0.0188. The number of esters is 1. The van der Waals surface area contributed by atoms with Crippen molar-refractivity contribution in [1.29, 1.82) is 0 Å². The molecule has 0 aliphatic heterocycles. The SMILES string of the molecule is CCC(C)C(=Nc1ccc(CCCNCC(=O)OCCOC)cc1C)c1cc(C)c(=O)n(C)c1. The molecule has 0 bridgehead atoms. The molecule has 0 saturated carbocycles. The number of hydrogen-bond donors (Lipinski definition) is 1. The van der Waals surface area contributed by atoms with Crippen molar-refractivity contribution in [2.45, 2.75) is 47.0 Å². The Kier molecular flexibility index (Phi) is 11.2. The van der Waals surface area contributed by atoms with Gasteiger partial charge in [0.2, 0.25) is 0 Å². The van der Waals surface area contributed by atoms with Gasteiger partial charge in [0.05, 0.1) is 24.6 Å². The Hall–Kier alpha value is -2.77. The minimum atomic E-state index is -0.263. The molecular formula is C27H39N3O4. The molecule has 0 radical (unpaired) electrons. The zero-order valence-electron chi connectivity index (χ0n) is 21.4. The van der Waals surface area contributed by atoms with E-state index in [1.165, 1.54) is 5.56 Å². The average Bonchev–Trinajstić information content (AvgIpc) is 2.81. The van der Waals surface area contributed by atoms with E-state index in [-0.39, 0.29) is 30.6 Å². The molecule has 0 aliphatic rings. The molecule has 1 N–H and O–H groups in total. The van der Waals surface area contributed by atoms with Crippen LogP contribution in [0.2, 0.25) is 0 Å². The number of nitrogens with zero attached hydrogens (tertiary/aromatic N) is 2. The molecule has 0 fully saturated rings. The zero-order chi connectivity index (χ0) is 25.1. The van der Waals surface area contributed by atoms with E-state index >= 15 is 0 Å². The van der Waals surface area contributed by atoms with Crippen molar-refractivity contribution >= 4 is 17.4 Å². The number of methoxy groups -OCH3 is 1. The molecule has 2 aromatic rings. The van der Waals surface area contributed by atoms with Crippen molar-refractivity contribution in [2.24, 2.45) is 18.0 Å². The Labute approximate surface area is 203 Å². The van der Waals surface area contributed by atoms with Crippen LogP contribution < -0.4 is 10.9 Å². The summed E-state index contributed by atoms with van der Waals surface area (Å²) in [5.74, 6) is 0.00383. The van der Waals surface area contributed by atoms with Gasteiger partial charge in [0, 0.05) is 31.5 Å². The third-order valence-electron chi connectivity index (χ3n) is 5.88. The van der Waals surface area contributed by atoms with Gasteiger partial charge in [-0.05, 0) is 68.8 Å². The van der Waals surface area contributed by atoms with E-state index in [0.717, 1.165) is 53.9 Å². The van der Waals surface area contributed by atoms with E-state index < -0.39 is 0 Å². The molecule has 0 amide bonds. The highest BCUT2D eigenvalue weighted by molar-refractivity contribution is 6.03. The molecule has 1 unspecified atom stereocenters. The first-order chi connectivity index (χ1) is 16.3. The number of carbonyl (C=O) groups is 1. The van der Waals surface area contributed by atoms with Crippen LogP contribution in [0.5, 0.6) is 0 Å². The molecule has 1 aromatic heterocycles. The molecule has 7 nitrogen and oxygen atoms in total. The highest BCUT2D eigenvalue weighted by atomic mass is 16.6. The van der Waals surface area contributed by atoms with Crippen LogP contribution in [-0.2, 0) is 27.7 Å². The van der Waals surface area contributed by atoms with E-state index in [0.29, 0.717) is 6.61 Å². The van der Waals surface area contributed by atoms with Gasteiger partial charge in [-0.25, -0.2) is 0 Å². The van der Waals surface area contributed by atoms with Crippen molar-refractivity contribution in [3.05, 3.63) is 63.1 Å². The number of ether oxygens (including phenoxy) is 2. The second-order valence-electron chi connectivity index (χ2n) is 8.75. The van der Waals surface area contributed by atoms with Crippen LogP contribution >= 0.6 is 0 Å². The number of aliphatic imine (C=N–C) groups is 1. The molecular weight excluding hydrogens is 430 g/mol. The fraction of sp³-hybridized carbons (Fsp3) is 0.519. The van der Waals surface area contributed by atoms with Crippen molar-refractivity contribution < 1.29 is 14.3 Å². The van der Waals surface area contributed by atoms with Gasteiger partial charge in [-0.3, -0.25) is 14.6 Å². The van der Waals surface area contributed by atoms with Crippen molar-refractivity contribution in [3.8, 4) is 0 Å². The average molecular weight is 470 g/mol. The molecule has 0 aliphatic carbocycles. The summed E-state index contributed by atoms with van der Waals surface area (Å²) in [6.07, 6.45) is 4.67. The second-order valence-corrected chi connectivity index (χ2v) is 8.75. The smallest absolute Gasteiger partial charge is 0.319 e. The highest BCUT2D eigenvalue weighted by Gasteiger charge is 2.15. The molecule has 1 atom stereocenters. The van der Waals surface area contributed by atoms with Crippen LogP contribution in [0.1, 0.15) is 48.9 Å². The third kappa shape index (κ3) is 8.22. The second kappa shape index (κ2) is 13.8. The molecule has 0 saturated heterocycles. The fourth-order valence-corrected chi connectivity index (χ4v) is 3.70. The Morgan fingerprint density at radius 1 is 1.18 bits per heavy atom. The number of aryl methyl sites for hydroxylation is 4. The first kappa shape index (κ1) is 27.5. The standard InChI is InChI=1S/C27H39N3O4/c1-7-19(2)26(23-16-21(4)27(32)30(5)18-23)29-24-11-10-22(15-20(24)3)9-8-12-28-17-25(31)34-14-13-33-6/h10-11,15-16,18-19,28H,7-9,12-14,17H2,1-6H3. The predicted molar refractivity (Wildman–Crippen MR) is 137 cm³/mol. The number of hydrogen-bond acceptors (Lipinski definition) is 6. The van der Waals surface area contributed by atoms with E-state index in [2.05, 4.69) is 44.3 Å². The highest BCUT2D eigenvalue weighted by Crippen LogP contribution is 2.24. The Bertz CT molecular complexity index is 1020. The largest absolute Gasteiger partial charge is 0.462 e. The van der Waals surface area contributed by atoms with Crippen LogP contribution in [0, 0.1) is 19.8 Å². The molecule has 186 valence electrons. The lowest BCUT2D eigenvalue weighted by atomic mass is 9.95. The maximum atomic E-state index is 12.1. The number of benzene rings is 1. The van der Waals surface area contributed by atoms with E-state index in [9.17, 15) is 9.59 Å². The summed E-state index contributed by atoms with van der Waals surface area (Å²) in [7, 11) is 3.36. The molecule has 7 heteroatoms. The molecule has 34 heavy (non-hydrogen) atoms. The lowest BCUT2D eigenvalue weighted by molar-refractivity contribution is -0.143.